The summed E-state index contributed by atoms with van der Waals surface area (Å²) in [4.78, 5) is 0. The van der Waals surface area contributed by atoms with E-state index in [0.717, 1.165) is 0 Å². The standard InChI is InChI=1S/C5H10Cl2O2S/c1-2-5(6,7)3-4-10(8)9/h2-4H2,1H3,(H,8,9). The molecule has 1 atom stereocenters. The van der Waals surface area contributed by atoms with Crippen LogP contribution in [0.5, 0.6) is 0 Å². The van der Waals surface area contributed by atoms with Crippen LogP contribution in [0.3, 0.4) is 0 Å². The molecule has 0 aliphatic rings. The van der Waals surface area contributed by atoms with Crippen molar-refractivity contribution in [2.24, 2.45) is 0 Å². The maximum absolute atomic E-state index is 10.2. The van der Waals surface area contributed by atoms with Gasteiger partial charge in [0.25, 0.3) is 0 Å². The largest absolute Gasteiger partial charge is 0.306 e. The van der Waals surface area contributed by atoms with Crippen LogP contribution in [0.1, 0.15) is 19.8 Å². The molecule has 0 aliphatic carbocycles. The van der Waals surface area contributed by atoms with E-state index in [0.29, 0.717) is 12.8 Å². The van der Waals surface area contributed by atoms with Crippen LogP contribution in [-0.4, -0.2) is 18.8 Å². The Morgan fingerprint density at radius 2 is 2.10 bits per heavy atom. The molecule has 1 N–H and O–H groups in total. The van der Waals surface area contributed by atoms with Gasteiger partial charge in [0.05, 0.1) is 5.75 Å². The van der Waals surface area contributed by atoms with Gasteiger partial charge in [0.2, 0.25) is 0 Å². The van der Waals surface area contributed by atoms with E-state index in [1.165, 1.54) is 0 Å². The fourth-order valence-electron chi connectivity index (χ4n) is 0.413. The van der Waals surface area contributed by atoms with Gasteiger partial charge < -0.3 is 4.55 Å². The van der Waals surface area contributed by atoms with Crippen molar-refractivity contribution in [1.29, 1.82) is 0 Å². The van der Waals surface area contributed by atoms with E-state index < -0.39 is 15.4 Å². The van der Waals surface area contributed by atoms with Gasteiger partial charge in [-0.25, -0.2) is 4.21 Å². The SMILES string of the molecule is CCC(Cl)(Cl)CCS(=O)O. The topological polar surface area (TPSA) is 37.3 Å². The Hall–Kier alpha value is 0.690. The van der Waals surface area contributed by atoms with E-state index >= 15 is 0 Å². The fourth-order valence-corrected chi connectivity index (χ4v) is 1.35. The van der Waals surface area contributed by atoms with Gasteiger partial charge in [0, 0.05) is 0 Å². The lowest BCUT2D eigenvalue weighted by Crippen LogP contribution is -2.14. The van der Waals surface area contributed by atoms with Crippen LogP contribution >= 0.6 is 23.2 Å². The molecular weight excluding hydrogens is 195 g/mol. The molecule has 0 bridgehead atoms. The first-order chi connectivity index (χ1) is 4.48. The van der Waals surface area contributed by atoms with E-state index in [1.54, 1.807) is 0 Å². The van der Waals surface area contributed by atoms with Crippen molar-refractivity contribution in [2.45, 2.75) is 24.1 Å². The summed E-state index contributed by atoms with van der Waals surface area (Å²) in [5, 5.41) is 0. The summed E-state index contributed by atoms with van der Waals surface area (Å²) < 4.78 is 17.7. The molecule has 0 fully saturated rings. The zero-order valence-corrected chi connectivity index (χ0v) is 7.97. The van der Waals surface area contributed by atoms with Gasteiger partial charge in [-0.05, 0) is 12.8 Å². The van der Waals surface area contributed by atoms with Crippen LogP contribution in [0.2, 0.25) is 0 Å². The second kappa shape index (κ2) is 4.54. The predicted octanol–water partition coefficient (Wildman–Crippen LogP) is 2.18. The normalized spacial score (nSPS) is 15.2. The lowest BCUT2D eigenvalue weighted by Gasteiger charge is -2.14. The van der Waals surface area contributed by atoms with Crippen LogP contribution in [0.25, 0.3) is 0 Å². The molecule has 0 aromatic rings. The minimum absolute atomic E-state index is 0.140. The highest BCUT2D eigenvalue weighted by molar-refractivity contribution is 7.79. The average molecular weight is 205 g/mol. The molecule has 0 radical (unpaired) electrons. The molecule has 5 heteroatoms. The van der Waals surface area contributed by atoms with Gasteiger partial charge >= 0.3 is 0 Å². The van der Waals surface area contributed by atoms with Gasteiger partial charge in [-0.2, -0.15) is 0 Å². The van der Waals surface area contributed by atoms with Gasteiger partial charge in [-0.1, -0.05) is 6.92 Å². The molecule has 0 saturated heterocycles. The molecule has 0 aromatic carbocycles. The highest BCUT2D eigenvalue weighted by Crippen LogP contribution is 2.28. The lowest BCUT2D eigenvalue weighted by molar-refractivity contribution is 0.557. The molecule has 0 aromatic heterocycles. The summed E-state index contributed by atoms with van der Waals surface area (Å²) in [6, 6.07) is 0. The Morgan fingerprint density at radius 3 is 2.40 bits per heavy atom. The Bertz CT molecular complexity index is 127. The van der Waals surface area contributed by atoms with Crippen molar-refractivity contribution in [1.82, 2.24) is 0 Å². The Balaban J connectivity index is 3.56. The summed E-state index contributed by atoms with van der Waals surface area (Å²) in [5.74, 6) is 0.140. The Kier molecular flexibility index (Phi) is 4.86. The summed E-state index contributed by atoms with van der Waals surface area (Å²) in [7, 11) is 0. The molecule has 62 valence electrons. The number of alkyl halides is 2. The first kappa shape index (κ1) is 10.7. The zero-order chi connectivity index (χ0) is 8.20. The van der Waals surface area contributed by atoms with Crippen molar-refractivity contribution >= 4 is 34.3 Å². The predicted molar refractivity (Wildman–Crippen MR) is 45.0 cm³/mol. The van der Waals surface area contributed by atoms with Crippen LogP contribution < -0.4 is 0 Å². The van der Waals surface area contributed by atoms with E-state index in [1.807, 2.05) is 6.92 Å². The van der Waals surface area contributed by atoms with Gasteiger partial charge in [0.1, 0.15) is 4.33 Å². The molecule has 0 amide bonds. The molecule has 2 nitrogen and oxygen atoms in total. The molecule has 1 unspecified atom stereocenters. The smallest absolute Gasteiger partial charge is 0.152 e. The summed E-state index contributed by atoms with van der Waals surface area (Å²) in [5.41, 5.74) is 0. The third kappa shape index (κ3) is 5.47. The van der Waals surface area contributed by atoms with E-state index in [4.69, 9.17) is 27.8 Å². The summed E-state index contributed by atoms with van der Waals surface area (Å²) in [6.45, 7) is 1.83. The molecular formula is C5H10Cl2O2S. The highest BCUT2D eigenvalue weighted by atomic mass is 35.5. The average Bonchev–Trinajstić information content (AvgIpc) is 1.85. The van der Waals surface area contributed by atoms with Crippen LogP contribution in [0.15, 0.2) is 0 Å². The number of rotatable bonds is 4. The van der Waals surface area contributed by atoms with Gasteiger partial charge in [-0.3, -0.25) is 0 Å². The number of halogens is 2. The summed E-state index contributed by atoms with van der Waals surface area (Å²) in [6.07, 6.45) is 0.947. The van der Waals surface area contributed by atoms with E-state index in [9.17, 15) is 4.21 Å². The zero-order valence-electron chi connectivity index (χ0n) is 5.64. The molecule has 0 heterocycles. The van der Waals surface area contributed by atoms with Gasteiger partial charge in [0.15, 0.2) is 11.1 Å². The minimum Gasteiger partial charge on any atom is -0.306 e. The van der Waals surface area contributed by atoms with Gasteiger partial charge in [-0.15, -0.1) is 23.2 Å². The van der Waals surface area contributed by atoms with E-state index in [2.05, 4.69) is 0 Å². The molecule has 0 aliphatic heterocycles. The maximum Gasteiger partial charge on any atom is 0.152 e. The quantitative estimate of drug-likeness (QED) is 0.564. The molecule has 10 heavy (non-hydrogen) atoms. The molecule has 0 rings (SSSR count). The van der Waals surface area contributed by atoms with Crippen LogP contribution in [-0.2, 0) is 11.1 Å². The minimum atomic E-state index is -1.78. The second-order valence-electron chi connectivity index (χ2n) is 1.99. The van der Waals surface area contributed by atoms with Crippen molar-refractivity contribution in [3.05, 3.63) is 0 Å². The Morgan fingerprint density at radius 1 is 1.60 bits per heavy atom. The second-order valence-corrected chi connectivity index (χ2v) is 4.68. The first-order valence-corrected chi connectivity index (χ1v) is 4.96. The Labute approximate surface area is 73.2 Å². The van der Waals surface area contributed by atoms with Crippen LogP contribution in [0, 0.1) is 0 Å². The lowest BCUT2D eigenvalue weighted by atomic mass is 10.2. The monoisotopic (exact) mass is 204 g/mol. The van der Waals surface area contributed by atoms with Crippen LogP contribution in [0.4, 0.5) is 0 Å². The first-order valence-electron chi connectivity index (χ1n) is 2.93. The van der Waals surface area contributed by atoms with Crippen molar-refractivity contribution in [3.63, 3.8) is 0 Å². The third-order valence-electron chi connectivity index (χ3n) is 1.16. The highest BCUT2D eigenvalue weighted by Gasteiger charge is 2.21. The third-order valence-corrected chi connectivity index (χ3v) is 2.63. The number of hydrogen-bond acceptors (Lipinski definition) is 1. The van der Waals surface area contributed by atoms with Crippen molar-refractivity contribution < 1.29 is 8.76 Å². The molecule has 0 saturated carbocycles. The van der Waals surface area contributed by atoms with Crippen molar-refractivity contribution in [2.75, 3.05) is 5.75 Å². The fraction of sp³-hybridized carbons (Fsp3) is 1.00. The summed E-state index contributed by atoms with van der Waals surface area (Å²) >= 11 is 9.59. The van der Waals surface area contributed by atoms with Crippen molar-refractivity contribution in [3.8, 4) is 0 Å². The number of hydrogen-bond donors (Lipinski definition) is 1. The maximum atomic E-state index is 10.2. The van der Waals surface area contributed by atoms with E-state index in [-0.39, 0.29) is 5.75 Å². The molecule has 0 spiro atoms.